The van der Waals surface area contributed by atoms with Gasteiger partial charge in [0.05, 0.1) is 19.6 Å². The van der Waals surface area contributed by atoms with Crippen LogP contribution in [0.1, 0.15) is 0 Å². The Morgan fingerprint density at radius 3 is 1.44 bits per heavy atom. The van der Waals surface area contributed by atoms with Crippen molar-refractivity contribution < 1.29 is 47.6 Å². The molecule has 4 saturated heterocycles. The van der Waals surface area contributed by atoms with Gasteiger partial charge in [0.15, 0.2) is 0 Å². The summed E-state index contributed by atoms with van der Waals surface area (Å²) in [6.07, 6.45) is -4.47. The fourth-order valence-corrected chi connectivity index (χ4v) is 6.38. The van der Waals surface area contributed by atoms with Gasteiger partial charge in [-0.2, -0.15) is 0 Å². The fraction of sp³-hybridized carbons (Fsp3) is 0.500. The Kier molecular flexibility index (Phi) is 15.4. The highest BCUT2D eigenvalue weighted by atomic mass is 35.5. The molecule has 16 nitrogen and oxygen atoms in total. The molecule has 54 heavy (non-hydrogen) atoms. The van der Waals surface area contributed by atoms with E-state index in [4.69, 9.17) is 25.4 Å². The number of piperazine rings is 2. The summed E-state index contributed by atoms with van der Waals surface area (Å²) < 4.78 is 35.2. The molecule has 4 amide bonds. The molecular formula is C34H45ClF2N8O8S. The van der Waals surface area contributed by atoms with E-state index in [0.29, 0.717) is 71.1 Å². The summed E-state index contributed by atoms with van der Waals surface area (Å²) in [6.45, 7) is 5.11. The van der Waals surface area contributed by atoms with Crippen LogP contribution in [-0.2, 0) is 19.1 Å². The van der Waals surface area contributed by atoms with Crippen molar-refractivity contribution >= 4 is 76.4 Å². The maximum Gasteiger partial charge on any atom is 0.414 e. The number of aliphatic hydroxyl groups is 2. The molecule has 5 N–H and O–H groups in total. The minimum absolute atomic E-state index is 0. The first-order valence-corrected chi connectivity index (χ1v) is 17.6. The fourth-order valence-electron chi connectivity index (χ4n) is 6.30. The molecule has 0 saturated carbocycles. The van der Waals surface area contributed by atoms with Crippen molar-refractivity contribution in [2.75, 3.05) is 111 Å². The smallest absolute Gasteiger partial charge is 0.414 e. The number of ether oxygens (including phenoxy) is 2. The number of benzene rings is 2. The molecule has 4 heterocycles. The van der Waals surface area contributed by atoms with Crippen LogP contribution < -0.4 is 30.7 Å². The second-order valence-electron chi connectivity index (χ2n) is 12.6. The normalized spacial score (nSPS) is 19.9. The number of nitrogens with zero attached hydrogens (tertiary/aromatic N) is 6. The lowest BCUT2D eigenvalue weighted by Gasteiger charge is -2.36. The van der Waals surface area contributed by atoms with Crippen molar-refractivity contribution in [3.63, 3.8) is 0 Å². The van der Waals surface area contributed by atoms with Crippen molar-refractivity contribution in [3.05, 3.63) is 48.5 Å². The number of aliphatic hydroxyl groups excluding tert-OH is 2. The third-order valence-corrected chi connectivity index (χ3v) is 9.62. The van der Waals surface area contributed by atoms with Gasteiger partial charge in [0.2, 0.25) is 11.8 Å². The minimum atomic E-state index is -2.74. The molecule has 0 aliphatic carbocycles. The molecule has 20 heteroatoms. The number of amides is 4. The van der Waals surface area contributed by atoms with Crippen LogP contribution in [0.4, 0.5) is 41.1 Å². The van der Waals surface area contributed by atoms with E-state index in [0.717, 1.165) is 17.1 Å². The number of thiocarbonyl (C=S) groups is 1. The van der Waals surface area contributed by atoms with Crippen LogP contribution >= 0.6 is 24.6 Å². The van der Waals surface area contributed by atoms with E-state index in [1.807, 2.05) is 36.4 Å². The molecule has 4 aliphatic rings. The predicted octanol–water partition coefficient (Wildman–Crippen LogP) is 0.868. The van der Waals surface area contributed by atoms with Crippen molar-refractivity contribution in [1.82, 2.24) is 15.1 Å². The first-order chi connectivity index (χ1) is 25.5. The molecule has 0 unspecified atom stereocenters. The summed E-state index contributed by atoms with van der Waals surface area (Å²) in [5.74, 6) is -0.502. The van der Waals surface area contributed by atoms with Crippen molar-refractivity contribution in [2.24, 2.45) is 5.73 Å². The van der Waals surface area contributed by atoms with Crippen LogP contribution in [0.3, 0.4) is 0 Å². The highest BCUT2D eigenvalue weighted by Gasteiger charge is 2.33. The zero-order valence-corrected chi connectivity index (χ0v) is 31.1. The van der Waals surface area contributed by atoms with Gasteiger partial charge in [-0.15, -0.1) is 12.4 Å². The van der Waals surface area contributed by atoms with Gasteiger partial charge in [0, 0.05) is 81.7 Å². The lowest BCUT2D eigenvalue weighted by atomic mass is 10.2. The molecule has 4 fully saturated rings. The molecule has 2 aromatic rings. The molecule has 4 aliphatic heterocycles. The average molecular weight is 799 g/mol. The molecule has 0 bridgehead atoms. The van der Waals surface area contributed by atoms with Gasteiger partial charge in [-0.1, -0.05) is 12.2 Å². The highest BCUT2D eigenvalue weighted by molar-refractivity contribution is 7.80. The summed E-state index contributed by atoms with van der Waals surface area (Å²) >= 11 is 4.52. The number of alkyl halides is 2. The number of anilines is 4. The second kappa shape index (κ2) is 19.7. The molecule has 296 valence electrons. The van der Waals surface area contributed by atoms with Crippen LogP contribution in [0.25, 0.3) is 0 Å². The Morgan fingerprint density at radius 2 is 1.09 bits per heavy atom. The summed E-state index contributed by atoms with van der Waals surface area (Å²) in [5, 5.41) is 20.3. The summed E-state index contributed by atoms with van der Waals surface area (Å²) in [5.41, 5.74) is 8.97. The van der Waals surface area contributed by atoms with Gasteiger partial charge in [-0.3, -0.25) is 19.4 Å². The maximum absolute atomic E-state index is 12.4. The van der Waals surface area contributed by atoms with E-state index in [-0.39, 0.29) is 49.5 Å². The lowest BCUT2D eigenvalue weighted by Crippen LogP contribution is -2.49. The predicted molar refractivity (Wildman–Crippen MR) is 203 cm³/mol. The van der Waals surface area contributed by atoms with Crippen molar-refractivity contribution in [3.8, 4) is 0 Å². The quantitative estimate of drug-likeness (QED) is 0.249. The van der Waals surface area contributed by atoms with Crippen LogP contribution in [0.2, 0.25) is 0 Å². The maximum atomic E-state index is 12.4. The van der Waals surface area contributed by atoms with Crippen LogP contribution in [0.5, 0.6) is 0 Å². The van der Waals surface area contributed by atoms with Crippen molar-refractivity contribution in [2.45, 2.75) is 18.6 Å². The zero-order valence-electron chi connectivity index (χ0n) is 29.4. The Hall–Kier alpha value is -4.56. The third kappa shape index (κ3) is 10.6. The largest absolute Gasteiger partial charge is 0.443 e. The van der Waals surface area contributed by atoms with E-state index >= 15 is 0 Å². The first kappa shape index (κ1) is 42.2. The Labute approximate surface area is 322 Å². The van der Waals surface area contributed by atoms with Gasteiger partial charge in [0.25, 0.3) is 6.43 Å². The number of nitrogens with one attached hydrogen (secondary N) is 1. The minimum Gasteiger partial charge on any atom is -0.443 e. The third-order valence-electron chi connectivity index (χ3n) is 9.30. The van der Waals surface area contributed by atoms with E-state index in [2.05, 4.69) is 27.3 Å². The number of halogens is 3. The SMILES string of the molecule is Cl.NC[C@H]1CN(c2ccc(N3CCN(C(=O)CO)CC3)cc2)C(=O)O1.O=C(CO)N1CCN(c2ccc(N3C[C@H](CNC(=S)C(F)F)OC3=O)cc2)CC1. The lowest BCUT2D eigenvalue weighted by molar-refractivity contribution is -0.135. The van der Waals surface area contributed by atoms with Gasteiger partial charge in [-0.05, 0) is 48.5 Å². The molecule has 2 atom stereocenters. The number of hydrogen-bond acceptors (Lipinski definition) is 12. The topological polar surface area (TPSA) is 185 Å². The molecule has 0 radical (unpaired) electrons. The van der Waals surface area contributed by atoms with Gasteiger partial charge >= 0.3 is 12.2 Å². The van der Waals surface area contributed by atoms with Gasteiger partial charge in [-0.25, -0.2) is 18.4 Å². The Balaban J connectivity index is 0.000000240. The van der Waals surface area contributed by atoms with Crippen LogP contribution in [-0.4, -0.2) is 159 Å². The summed E-state index contributed by atoms with van der Waals surface area (Å²) in [6, 6.07) is 15.0. The van der Waals surface area contributed by atoms with Crippen LogP contribution in [0, 0.1) is 0 Å². The molecule has 0 aromatic heterocycles. The zero-order chi connectivity index (χ0) is 38.1. The Morgan fingerprint density at radius 1 is 0.722 bits per heavy atom. The summed E-state index contributed by atoms with van der Waals surface area (Å²) in [4.78, 5) is 57.0. The molecule has 2 aromatic carbocycles. The molecular weight excluding hydrogens is 754 g/mol. The van der Waals surface area contributed by atoms with Crippen molar-refractivity contribution in [1.29, 1.82) is 0 Å². The van der Waals surface area contributed by atoms with E-state index in [1.165, 1.54) is 4.90 Å². The number of hydrogen-bond donors (Lipinski definition) is 4. The number of rotatable bonds is 10. The second-order valence-corrected chi connectivity index (χ2v) is 13.0. The Bertz CT molecular complexity index is 1600. The average Bonchev–Trinajstić information content (AvgIpc) is 3.77. The first-order valence-electron chi connectivity index (χ1n) is 17.2. The number of nitrogens with two attached hydrogens (primary N) is 1. The number of cyclic esters (lactones) is 2. The number of carbonyl (C=O) groups excluding carboxylic acids is 4. The van der Waals surface area contributed by atoms with E-state index < -0.39 is 36.8 Å². The van der Waals surface area contributed by atoms with Gasteiger partial charge in [0.1, 0.15) is 30.4 Å². The summed E-state index contributed by atoms with van der Waals surface area (Å²) in [7, 11) is 0. The molecule has 0 spiro atoms. The van der Waals surface area contributed by atoms with Crippen LogP contribution in [0.15, 0.2) is 48.5 Å². The molecule has 6 rings (SSSR count). The number of carbonyl (C=O) groups is 4. The monoisotopic (exact) mass is 798 g/mol. The van der Waals surface area contributed by atoms with E-state index in [9.17, 15) is 28.0 Å². The highest BCUT2D eigenvalue weighted by Crippen LogP contribution is 2.27. The van der Waals surface area contributed by atoms with E-state index in [1.54, 1.807) is 26.8 Å². The van der Waals surface area contributed by atoms with Gasteiger partial charge < -0.3 is 50.3 Å². The standard InChI is InChI=1S/C18H22F2N4O4S.C16H22N4O4.ClH/c19-16(20)17(29)21-9-14-10-24(18(27)28-14)13-3-1-12(2-4-13)22-5-7-23(8-6-22)15(26)11-25;17-9-14-10-20(16(23)24-14)13-3-1-12(2-4-13)18-5-7-19(8-6-18)15(22)11-21;/h1-4,14,16,25H,5-11H2,(H,21,29);1-4,14,21H,5-11,17H2;1H/t2*14-;/m00./s1.